The van der Waals surface area contributed by atoms with Crippen LogP contribution in [0, 0.1) is 0 Å². The molecule has 0 spiro atoms. The molecule has 7 heteroatoms. The van der Waals surface area contributed by atoms with Gasteiger partial charge in [0.05, 0.1) is 0 Å². The highest BCUT2D eigenvalue weighted by atomic mass is 35.5. The lowest BCUT2D eigenvalue weighted by molar-refractivity contribution is -0.139. The fourth-order valence-corrected chi connectivity index (χ4v) is 1.63. The van der Waals surface area contributed by atoms with Crippen molar-refractivity contribution in [3.63, 3.8) is 0 Å². The Hall–Kier alpha value is -1.40. The van der Waals surface area contributed by atoms with Crippen molar-refractivity contribution in [3.05, 3.63) is 29.8 Å². The number of nitrogens with one attached hydrogen (secondary N) is 1. The van der Waals surface area contributed by atoms with E-state index in [1.807, 2.05) is 6.92 Å². The summed E-state index contributed by atoms with van der Waals surface area (Å²) in [7, 11) is 0. The standard InChI is InChI=1S/C13H17F2NO3.ClH/c1-2-3-11(12(17)18)16-8-9-4-6-10(7-5-9)19-13(14)15;/h4-7,11,13,16H,2-3,8H2,1H3,(H,17,18);1H. The zero-order valence-corrected chi connectivity index (χ0v) is 11.8. The van der Waals surface area contributed by atoms with Crippen LogP contribution in [0.1, 0.15) is 25.3 Å². The van der Waals surface area contributed by atoms with Crippen LogP contribution in [0.15, 0.2) is 24.3 Å². The van der Waals surface area contributed by atoms with Crippen molar-refractivity contribution in [1.29, 1.82) is 0 Å². The molecule has 1 unspecified atom stereocenters. The van der Waals surface area contributed by atoms with E-state index in [9.17, 15) is 13.6 Å². The van der Waals surface area contributed by atoms with Gasteiger partial charge in [0.25, 0.3) is 0 Å². The van der Waals surface area contributed by atoms with E-state index in [-0.39, 0.29) is 18.2 Å². The highest BCUT2D eigenvalue weighted by molar-refractivity contribution is 5.85. The molecule has 1 aromatic carbocycles. The van der Waals surface area contributed by atoms with E-state index in [4.69, 9.17) is 5.11 Å². The van der Waals surface area contributed by atoms with Crippen LogP contribution in [0.5, 0.6) is 5.75 Å². The summed E-state index contributed by atoms with van der Waals surface area (Å²) in [5.74, 6) is -0.804. The fourth-order valence-electron chi connectivity index (χ4n) is 1.63. The number of hydrogen-bond donors (Lipinski definition) is 2. The molecule has 2 N–H and O–H groups in total. The van der Waals surface area contributed by atoms with Crippen LogP contribution in [0.3, 0.4) is 0 Å². The average molecular weight is 310 g/mol. The number of carboxylic acid groups (broad SMARTS) is 1. The van der Waals surface area contributed by atoms with E-state index in [0.717, 1.165) is 12.0 Å². The second-order valence-corrected chi connectivity index (χ2v) is 4.08. The summed E-state index contributed by atoms with van der Waals surface area (Å²) in [4.78, 5) is 10.9. The van der Waals surface area contributed by atoms with E-state index in [1.54, 1.807) is 12.1 Å². The number of halogens is 3. The summed E-state index contributed by atoms with van der Waals surface area (Å²) in [6.45, 7) is -0.565. The Morgan fingerprint density at radius 1 is 1.35 bits per heavy atom. The summed E-state index contributed by atoms with van der Waals surface area (Å²) < 4.78 is 28.1. The first-order valence-electron chi connectivity index (χ1n) is 6.03. The van der Waals surface area contributed by atoms with Gasteiger partial charge in [-0.05, 0) is 24.1 Å². The van der Waals surface area contributed by atoms with Gasteiger partial charge < -0.3 is 15.2 Å². The van der Waals surface area contributed by atoms with Gasteiger partial charge in [-0.3, -0.25) is 4.79 Å². The number of carbonyl (C=O) groups is 1. The Bertz CT molecular complexity index is 401. The van der Waals surface area contributed by atoms with E-state index in [1.165, 1.54) is 12.1 Å². The maximum absolute atomic E-state index is 11.9. The molecule has 0 aliphatic heterocycles. The van der Waals surface area contributed by atoms with E-state index < -0.39 is 18.6 Å². The molecule has 0 fully saturated rings. The van der Waals surface area contributed by atoms with Crippen LogP contribution in [-0.2, 0) is 11.3 Å². The Morgan fingerprint density at radius 3 is 2.40 bits per heavy atom. The molecule has 1 atom stereocenters. The minimum atomic E-state index is -2.84. The van der Waals surface area contributed by atoms with Crippen molar-refractivity contribution >= 4 is 18.4 Å². The maximum atomic E-state index is 11.9. The lowest BCUT2D eigenvalue weighted by atomic mass is 10.1. The number of carboxylic acids is 1. The van der Waals surface area contributed by atoms with E-state index in [2.05, 4.69) is 10.1 Å². The zero-order valence-electron chi connectivity index (χ0n) is 11.0. The largest absolute Gasteiger partial charge is 0.480 e. The number of ether oxygens (including phenoxy) is 1. The normalized spacial score (nSPS) is 11.8. The molecule has 0 saturated heterocycles. The summed E-state index contributed by atoms with van der Waals surface area (Å²) in [5, 5.41) is 11.9. The van der Waals surface area contributed by atoms with Crippen LogP contribution >= 0.6 is 12.4 Å². The molecule has 1 aromatic rings. The molecule has 0 bridgehead atoms. The fraction of sp³-hybridized carbons (Fsp3) is 0.462. The molecule has 0 aliphatic rings. The van der Waals surface area contributed by atoms with Gasteiger partial charge in [-0.15, -0.1) is 12.4 Å². The number of aliphatic carboxylic acids is 1. The lowest BCUT2D eigenvalue weighted by Crippen LogP contribution is -2.35. The third-order valence-electron chi connectivity index (χ3n) is 2.58. The second kappa shape index (κ2) is 9.50. The monoisotopic (exact) mass is 309 g/mol. The van der Waals surface area contributed by atoms with Crippen molar-refractivity contribution < 1.29 is 23.4 Å². The van der Waals surface area contributed by atoms with Crippen molar-refractivity contribution in [2.24, 2.45) is 0 Å². The van der Waals surface area contributed by atoms with Crippen molar-refractivity contribution in [2.45, 2.75) is 39.0 Å². The molecule has 20 heavy (non-hydrogen) atoms. The van der Waals surface area contributed by atoms with Gasteiger partial charge in [0.1, 0.15) is 11.8 Å². The van der Waals surface area contributed by atoms with Crippen LogP contribution in [0.2, 0.25) is 0 Å². The quantitative estimate of drug-likeness (QED) is 0.775. The average Bonchev–Trinajstić information content (AvgIpc) is 2.35. The Labute approximate surface area is 122 Å². The highest BCUT2D eigenvalue weighted by Crippen LogP contribution is 2.15. The molecule has 114 valence electrons. The number of rotatable bonds is 8. The van der Waals surface area contributed by atoms with Crippen LogP contribution in [0.4, 0.5) is 8.78 Å². The van der Waals surface area contributed by atoms with Gasteiger partial charge in [0.15, 0.2) is 0 Å². The lowest BCUT2D eigenvalue weighted by Gasteiger charge is -2.13. The van der Waals surface area contributed by atoms with Gasteiger partial charge in [0.2, 0.25) is 0 Å². The van der Waals surface area contributed by atoms with Crippen LogP contribution < -0.4 is 10.1 Å². The summed E-state index contributed by atoms with van der Waals surface area (Å²) in [6.07, 6.45) is 1.31. The van der Waals surface area contributed by atoms with Crippen LogP contribution in [-0.4, -0.2) is 23.7 Å². The first-order valence-corrected chi connectivity index (χ1v) is 6.03. The summed E-state index contributed by atoms with van der Waals surface area (Å²) >= 11 is 0. The molecule has 0 amide bonds. The van der Waals surface area contributed by atoms with Gasteiger partial charge in [-0.2, -0.15) is 8.78 Å². The molecular weight excluding hydrogens is 292 g/mol. The Kier molecular flexibility index (Phi) is 8.83. The van der Waals surface area contributed by atoms with E-state index >= 15 is 0 Å². The van der Waals surface area contributed by atoms with Crippen molar-refractivity contribution in [2.75, 3.05) is 0 Å². The van der Waals surface area contributed by atoms with Gasteiger partial charge in [-0.25, -0.2) is 0 Å². The van der Waals surface area contributed by atoms with Gasteiger partial charge in [0, 0.05) is 6.54 Å². The van der Waals surface area contributed by atoms with E-state index in [0.29, 0.717) is 13.0 Å². The topological polar surface area (TPSA) is 58.6 Å². The zero-order chi connectivity index (χ0) is 14.3. The first kappa shape index (κ1) is 18.6. The molecule has 0 aliphatic carbocycles. The maximum Gasteiger partial charge on any atom is 0.387 e. The van der Waals surface area contributed by atoms with Gasteiger partial charge >= 0.3 is 12.6 Å². The number of hydrogen-bond acceptors (Lipinski definition) is 3. The number of benzene rings is 1. The number of alkyl halides is 2. The molecular formula is C13H18ClF2NO3. The summed E-state index contributed by atoms with van der Waals surface area (Å²) in [6, 6.07) is 5.50. The van der Waals surface area contributed by atoms with Crippen molar-refractivity contribution in [1.82, 2.24) is 5.32 Å². The molecule has 0 saturated carbocycles. The van der Waals surface area contributed by atoms with Gasteiger partial charge in [-0.1, -0.05) is 25.5 Å². The molecule has 1 rings (SSSR count). The highest BCUT2D eigenvalue weighted by Gasteiger charge is 2.15. The predicted molar refractivity (Wildman–Crippen MR) is 73.5 cm³/mol. The minimum Gasteiger partial charge on any atom is -0.480 e. The smallest absolute Gasteiger partial charge is 0.387 e. The third-order valence-corrected chi connectivity index (χ3v) is 2.58. The second-order valence-electron chi connectivity index (χ2n) is 4.08. The Morgan fingerprint density at radius 2 is 1.95 bits per heavy atom. The molecule has 4 nitrogen and oxygen atoms in total. The molecule has 0 aromatic heterocycles. The Balaban J connectivity index is 0.00000361. The van der Waals surface area contributed by atoms with Crippen molar-refractivity contribution in [3.8, 4) is 5.75 Å². The first-order chi connectivity index (χ1) is 9.02. The third kappa shape index (κ3) is 6.68. The predicted octanol–water partition coefficient (Wildman–Crippen LogP) is 3.05. The molecule has 0 radical (unpaired) electrons. The molecule has 0 heterocycles. The van der Waals surface area contributed by atoms with Crippen LogP contribution in [0.25, 0.3) is 0 Å². The SMILES string of the molecule is CCCC(NCc1ccc(OC(F)F)cc1)C(=O)O.Cl. The summed E-state index contributed by atoms with van der Waals surface area (Å²) in [5.41, 5.74) is 0.809. The minimum absolute atomic E-state index is 0.